The highest BCUT2D eigenvalue weighted by molar-refractivity contribution is 5.47. The summed E-state index contributed by atoms with van der Waals surface area (Å²) in [6.45, 7) is 6.56. The molecule has 0 unspecified atom stereocenters. The second-order valence-corrected chi connectivity index (χ2v) is 4.76. The van der Waals surface area contributed by atoms with Crippen LogP contribution in [0.1, 0.15) is 32.4 Å². The number of nitrogens with zero attached hydrogens (tertiary/aromatic N) is 2. The summed E-state index contributed by atoms with van der Waals surface area (Å²) >= 11 is 0. The fraction of sp³-hybridized carbons (Fsp3) is 0.357. The summed E-state index contributed by atoms with van der Waals surface area (Å²) in [6.07, 6.45) is 0. The Morgan fingerprint density at radius 2 is 1.84 bits per heavy atom. The lowest BCUT2D eigenvalue weighted by Crippen LogP contribution is -2.22. The van der Waals surface area contributed by atoms with Crippen molar-refractivity contribution in [2.24, 2.45) is 0 Å². The standard InChI is InChI=1S/C14H18FN3O/c1-4-17-13(9(2)3)12(16)14(19)18(17)11-7-5-10(15)6-8-11/h5-9H,4,16H2,1-3H3. The van der Waals surface area contributed by atoms with Crippen LogP contribution in [0.5, 0.6) is 0 Å². The molecule has 102 valence electrons. The van der Waals surface area contributed by atoms with Gasteiger partial charge < -0.3 is 5.73 Å². The molecule has 2 rings (SSSR count). The lowest BCUT2D eigenvalue weighted by molar-refractivity contribution is 0.533. The minimum Gasteiger partial charge on any atom is -0.393 e. The topological polar surface area (TPSA) is 52.9 Å². The molecule has 1 aromatic carbocycles. The Balaban J connectivity index is 2.73. The lowest BCUT2D eigenvalue weighted by atomic mass is 10.1. The molecule has 1 aromatic heterocycles. The number of nitrogens with two attached hydrogens (primary N) is 1. The number of benzene rings is 1. The van der Waals surface area contributed by atoms with Gasteiger partial charge in [-0.15, -0.1) is 0 Å². The van der Waals surface area contributed by atoms with Crippen molar-refractivity contribution in [1.82, 2.24) is 9.36 Å². The van der Waals surface area contributed by atoms with Crippen molar-refractivity contribution in [3.8, 4) is 5.69 Å². The summed E-state index contributed by atoms with van der Waals surface area (Å²) in [7, 11) is 0. The van der Waals surface area contributed by atoms with Crippen molar-refractivity contribution in [1.29, 1.82) is 0 Å². The third-order valence-corrected chi connectivity index (χ3v) is 3.14. The second kappa shape index (κ2) is 4.91. The maximum Gasteiger partial charge on any atom is 0.294 e. The number of nitrogen functional groups attached to an aromatic ring is 1. The summed E-state index contributed by atoms with van der Waals surface area (Å²) in [6, 6.07) is 5.82. The van der Waals surface area contributed by atoms with Crippen LogP contribution in [0.4, 0.5) is 10.1 Å². The molecular weight excluding hydrogens is 245 g/mol. The quantitative estimate of drug-likeness (QED) is 0.925. The van der Waals surface area contributed by atoms with Crippen molar-refractivity contribution < 1.29 is 4.39 Å². The van der Waals surface area contributed by atoms with Gasteiger partial charge in [-0.3, -0.25) is 9.48 Å². The highest BCUT2D eigenvalue weighted by Gasteiger charge is 2.19. The van der Waals surface area contributed by atoms with Gasteiger partial charge in [0.2, 0.25) is 0 Å². The van der Waals surface area contributed by atoms with E-state index in [-0.39, 0.29) is 23.0 Å². The highest BCUT2D eigenvalue weighted by Crippen LogP contribution is 2.21. The van der Waals surface area contributed by atoms with Gasteiger partial charge in [-0.05, 0) is 37.1 Å². The molecule has 0 radical (unpaired) electrons. The Hall–Kier alpha value is -2.04. The van der Waals surface area contributed by atoms with Crippen LogP contribution in [0.25, 0.3) is 5.69 Å². The van der Waals surface area contributed by atoms with E-state index in [1.54, 1.807) is 12.1 Å². The zero-order valence-corrected chi connectivity index (χ0v) is 11.4. The summed E-state index contributed by atoms with van der Waals surface area (Å²) in [5.41, 5.74) is 7.37. The molecule has 0 atom stereocenters. The van der Waals surface area contributed by atoms with Gasteiger partial charge in [0, 0.05) is 6.54 Å². The van der Waals surface area contributed by atoms with E-state index in [1.165, 1.54) is 16.8 Å². The van der Waals surface area contributed by atoms with Crippen LogP contribution in [0.3, 0.4) is 0 Å². The Morgan fingerprint density at radius 1 is 1.26 bits per heavy atom. The summed E-state index contributed by atoms with van der Waals surface area (Å²) in [5, 5.41) is 0. The normalized spacial score (nSPS) is 11.2. The number of rotatable bonds is 3. The van der Waals surface area contributed by atoms with Crippen molar-refractivity contribution in [2.75, 3.05) is 5.73 Å². The maximum atomic E-state index is 13.0. The van der Waals surface area contributed by atoms with Gasteiger partial charge in [0.1, 0.15) is 11.5 Å². The Labute approximate surface area is 111 Å². The zero-order valence-electron chi connectivity index (χ0n) is 11.4. The van der Waals surface area contributed by atoms with Gasteiger partial charge in [0.25, 0.3) is 5.56 Å². The lowest BCUT2D eigenvalue weighted by Gasteiger charge is -2.14. The van der Waals surface area contributed by atoms with Gasteiger partial charge in [0.05, 0.1) is 11.4 Å². The van der Waals surface area contributed by atoms with E-state index in [4.69, 9.17) is 5.73 Å². The molecule has 2 N–H and O–H groups in total. The van der Waals surface area contributed by atoms with Crippen LogP contribution in [0.2, 0.25) is 0 Å². The van der Waals surface area contributed by atoms with E-state index in [0.717, 1.165) is 5.69 Å². The average Bonchev–Trinajstić information content (AvgIpc) is 2.63. The first kappa shape index (κ1) is 13.4. The third kappa shape index (κ3) is 2.16. The van der Waals surface area contributed by atoms with Crippen LogP contribution in [-0.4, -0.2) is 9.36 Å². The predicted octanol–water partition coefficient (Wildman–Crippen LogP) is 2.50. The fourth-order valence-corrected chi connectivity index (χ4v) is 2.34. The third-order valence-electron chi connectivity index (χ3n) is 3.14. The van der Waals surface area contributed by atoms with Crippen molar-refractivity contribution in [3.05, 3.63) is 46.1 Å². The Bertz CT molecular complexity index is 638. The van der Waals surface area contributed by atoms with Crippen LogP contribution < -0.4 is 11.3 Å². The SMILES string of the molecule is CCn1c(C(C)C)c(N)c(=O)n1-c1ccc(F)cc1. The van der Waals surface area contributed by atoms with Crippen LogP contribution in [0.15, 0.2) is 29.1 Å². The van der Waals surface area contributed by atoms with E-state index >= 15 is 0 Å². The van der Waals surface area contributed by atoms with E-state index in [9.17, 15) is 9.18 Å². The maximum absolute atomic E-state index is 13.0. The van der Waals surface area contributed by atoms with Crippen molar-refractivity contribution in [2.45, 2.75) is 33.2 Å². The Kier molecular flexibility index (Phi) is 3.46. The molecule has 0 saturated carbocycles. The van der Waals surface area contributed by atoms with Crippen molar-refractivity contribution in [3.63, 3.8) is 0 Å². The number of halogens is 1. The fourth-order valence-electron chi connectivity index (χ4n) is 2.34. The summed E-state index contributed by atoms with van der Waals surface area (Å²) < 4.78 is 16.3. The van der Waals surface area contributed by atoms with E-state index in [2.05, 4.69) is 0 Å². The summed E-state index contributed by atoms with van der Waals surface area (Å²) in [4.78, 5) is 12.3. The number of anilines is 1. The molecule has 19 heavy (non-hydrogen) atoms. The first-order chi connectivity index (χ1) is 8.97. The predicted molar refractivity (Wildman–Crippen MR) is 74.2 cm³/mol. The van der Waals surface area contributed by atoms with Crippen LogP contribution in [-0.2, 0) is 6.54 Å². The zero-order chi connectivity index (χ0) is 14.2. The first-order valence-electron chi connectivity index (χ1n) is 6.34. The molecule has 0 bridgehead atoms. The number of hydrogen-bond acceptors (Lipinski definition) is 2. The first-order valence-corrected chi connectivity index (χ1v) is 6.34. The molecule has 0 amide bonds. The van der Waals surface area contributed by atoms with E-state index in [1.807, 2.05) is 25.5 Å². The van der Waals surface area contributed by atoms with Crippen LogP contribution >= 0.6 is 0 Å². The Morgan fingerprint density at radius 3 is 2.32 bits per heavy atom. The minimum absolute atomic E-state index is 0.148. The summed E-state index contributed by atoms with van der Waals surface area (Å²) in [5.74, 6) is -0.183. The molecule has 0 aliphatic carbocycles. The second-order valence-electron chi connectivity index (χ2n) is 4.76. The number of aromatic nitrogens is 2. The smallest absolute Gasteiger partial charge is 0.294 e. The molecule has 5 heteroatoms. The van der Waals surface area contributed by atoms with Gasteiger partial charge in [0.15, 0.2) is 0 Å². The van der Waals surface area contributed by atoms with E-state index < -0.39 is 0 Å². The molecule has 4 nitrogen and oxygen atoms in total. The van der Waals surface area contributed by atoms with Crippen LogP contribution in [0, 0.1) is 5.82 Å². The molecule has 0 saturated heterocycles. The van der Waals surface area contributed by atoms with Gasteiger partial charge in [-0.1, -0.05) is 13.8 Å². The monoisotopic (exact) mass is 263 g/mol. The molecule has 0 spiro atoms. The van der Waals surface area contributed by atoms with Gasteiger partial charge in [-0.2, -0.15) is 0 Å². The van der Waals surface area contributed by atoms with E-state index in [0.29, 0.717) is 12.2 Å². The van der Waals surface area contributed by atoms with Gasteiger partial charge >= 0.3 is 0 Å². The average molecular weight is 263 g/mol. The van der Waals surface area contributed by atoms with Crippen molar-refractivity contribution >= 4 is 5.69 Å². The molecule has 1 heterocycles. The largest absolute Gasteiger partial charge is 0.393 e. The highest BCUT2D eigenvalue weighted by atomic mass is 19.1. The molecular formula is C14H18FN3O. The molecule has 0 aliphatic heterocycles. The number of hydrogen-bond donors (Lipinski definition) is 1. The minimum atomic E-state index is -0.330. The van der Waals surface area contributed by atoms with Gasteiger partial charge in [-0.25, -0.2) is 9.07 Å². The molecule has 0 aliphatic rings. The molecule has 0 fully saturated rings. The molecule has 2 aromatic rings.